The summed E-state index contributed by atoms with van der Waals surface area (Å²) in [6.45, 7) is 5.36. The summed E-state index contributed by atoms with van der Waals surface area (Å²) in [6.07, 6.45) is 5.17. The van der Waals surface area contributed by atoms with E-state index in [1.54, 1.807) is 0 Å². The molecule has 2 N–H and O–H groups in total. The molecule has 17 heavy (non-hydrogen) atoms. The van der Waals surface area contributed by atoms with Crippen LogP contribution in [0.5, 0.6) is 0 Å². The molecule has 0 bridgehead atoms. The Morgan fingerprint density at radius 3 is 2.59 bits per heavy atom. The Kier molecular flexibility index (Phi) is 3.73. The highest BCUT2D eigenvalue weighted by Gasteiger charge is 2.41. The lowest BCUT2D eigenvalue weighted by Gasteiger charge is -2.43. The first-order valence-corrected chi connectivity index (χ1v) is 6.74. The topological polar surface area (TPSA) is 55.6 Å². The maximum Gasteiger partial charge on any atom is 0.243 e. The summed E-state index contributed by atoms with van der Waals surface area (Å²) in [5.41, 5.74) is 5.70. The second kappa shape index (κ2) is 4.94. The van der Waals surface area contributed by atoms with E-state index in [9.17, 15) is 4.79 Å². The first-order valence-electron chi connectivity index (χ1n) is 6.74. The Labute approximate surface area is 103 Å². The number of carbonyl (C=O) groups is 1. The number of nitrogens with zero attached hydrogens (tertiary/aromatic N) is 1. The summed E-state index contributed by atoms with van der Waals surface area (Å²) in [4.78, 5) is 14.5. The molecule has 4 nitrogen and oxygen atoms in total. The van der Waals surface area contributed by atoms with Crippen LogP contribution < -0.4 is 5.73 Å². The SMILES string of the molecule is CC1CN(C(=O)C2(N)CCCCC2)C(C)CO1. The van der Waals surface area contributed by atoms with E-state index in [1.165, 1.54) is 6.42 Å². The fourth-order valence-corrected chi connectivity index (χ4v) is 2.87. The van der Waals surface area contributed by atoms with E-state index in [4.69, 9.17) is 10.5 Å². The van der Waals surface area contributed by atoms with Gasteiger partial charge in [0.15, 0.2) is 0 Å². The van der Waals surface area contributed by atoms with Gasteiger partial charge in [-0.05, 0) is 26.7 Å². The Balaban J connectivity index is 2.06. The molecular formula is C13H24N2O2. The van der Waals surface area contributed by atoms with E-state index >= 15 is 0 Å². The van der Waals surface area contributed by atoms with Gasteiger partial charge in [-0.3, -0.25) is 4.79 Å². The van der Waals surface area contributed by atoms with Gasteiger partial charge < -0.3 is 15.4 Å². The highest BCUT2D eigenvalue weighted by atomic mass is 16.5. The van der Waals surface area contributed by atoms with Gasteiger partial charge in [-0.1, -0.05) is 19.3 Å². The molecule has 2 fully saturated rings. The van der Waals surface area contributed by atoms with E-state index in [0.717, 1.165) is 25.7 Å². The minimum absolute atomic E-state index is 0.127. The first kappa shape index (κ1) is 12.8. The van der Waals surface area contributed by atoms with Crippen LogP contribution in [0.1, 0.15) is 46.0 Å². The van der Waals surface area contributed by atoms with Gasteiger partial charge in [0, 0.05) is 6.54 Å². The number of amides is 1. The second-order valence-corrected chi connectivity index (χ2v) is 5.67. The Bertz CT molecular complexity index is 287. The molecule has 0 spiro atoms. The number of ether oxygens (including phenoxy) is 1. The quantitative estimate of drug-likeness (QED) is 0.751. The molecule has 0 radical (unpaired) electrons. The van der Waals surface area contributed by atoms with Crippen LogP contribution in [-0.4, -0.2) is 41.6 Å². The number of carbonyl (C=O) groups excluding carboxylic acids is 1. The van der Waals surface area contributed by atoms with Gasteiger partial charge in [0.25, 0.3) is 0 Å². The van der Waals surface area contributed by atoms with E-state index in [1.807, 2.05) is 18.7 Å². The largest absolute Gasteiger partial charge is 0.375 e. The molecule has 1 heterocycles. The lowest BCUT2D eigenvalue weighted by molar-refractivity contribution is -0.150. The number of morpholine rings is 1. The fraction of sp³-hybridized carbons (Fsp3) is 0.923. The van der Waals surface area contributed by atoms with Crippen LogP contribution in [0.4, 0.5) is 0 Å². The molecule has 1 saturated heterocycles. The van der Waals surface area contributed by atoms with Crippen LogP contribution in [0.2, 0.25) is 0 Å². The molecule has 1 aliphatic carbocycles. The van der Waals surface area contributed by atoms with E-state index in [0.29, 0.717) is 13.2 Å². The van der Waals surface area contributed by atoms with Crippen molar-refractivity contribution in [1.29, 1.82) is 0 Å². The van der Waals surface area contributed by atoms with Gasteiger partial charge in [-0.2, -0.15) is 0 Å². The zero-order chi connectivity index (χ0) is 12.5. The lowest BCUT2D eigenvalue weighted by atomic mass is 9.81. The maximum absolute atomic E-state index is 12.6. The molecule has 2 rings (SSSR count). The monoisotopic (exact) mass is 240 g/mol. The van der Waals surface area contributed by atoms with Crippen LogP contribution in [0, 0.1) is 0 Å². The summed E-state index contributed by atoms with van der Waals surface area (Å²) in [7, 11) is 0. The zero-order valence-corrected chi connectivity index (χ0v) is 10.9. The van der Waals surface area contributed by atoms with Crippen molar-refractivity contribution in [2.45, 2.75) is 63.6 Å². The van der Waals surface area contributed by atoms with Crippen LogP contribution in [0.15, 0.2) is 0 Å². The van der Waals surface area contributed by atoms with Crippen LogP contribution in [0.3, 0.4) is 0 Å². The Morgan fingerprint density at radius 1 is 1.29 bits per heavy atom. The second-order valence-electron chi connectivity index (χ2n) is 5.67. The number of hydrogen-bond donors (Lipinski definition) is 1. The summed E-state index contributed by atoms with van der Waals surface area (Å²) >= 11 is 0. The highest BCUT2D eigenvalue weighted by Crippen LogP contribution is 2.29. The highest BCUT2D eigenvalue weighted by molar-refractivity contribution is 5.86. The molecule has 2 atom stereocenters. The summed E-state index contributed by atoms with van der Waals surface area (Å²) in [5.74, 6) is 0.139. The standard InChI is InChI=1S/C13H24N2O2/c1-10-9-17-11(2)8-15(10)12(16)13(14)6-4-3-5-7-13/h10-11H,3-9,14H2,1-2H3. The van der Waals surface area contributed by atoms with E-state index in [-0.39, 0.29) is 18.1 Å². The molecule has 0 aromatic carbocycles. The molecule has 0 aromatic heterocycles. The Morgan fingerprint density at radius 2 is 1.94 bits per heavy atom. The number of nitrogens with two attached hydrogens (primary N) is 1. The minimum Gasteiger partial charge on any atom is -0.375 e. The molecule has 4 heteroatoms. The van der Waals surface area contributed by atoms with Gasteiger partial charge in [-0.15, -0.1) is 0 Å². The average molecular weight is 240 g/mol. The normalized spacial score (nSPS) is 33.5. The minimum atomic E-state index is -0.608. The predicted molar refractivity (Wildman–Crippen MR) is 66.6 cm³/mol. The van der Waals surface area contributed by atoms with Crippen molar-refractivity contribution in [3.63, 3.8) is 0 Å². The number of hydrogen-bond acceptors (Lipinski definition) is 3. The molecule has 98 valence electrons. The average Bonchev–Trinajstić information content (AvgIpc) is 2.32. The molecule has 0 aromatic rings. The summed E-state index contributed by atoms with van der Waals surface area (Å²) < 4.78 is 5.56. The smallest absolute Gasteiger partial charge is 0.243 e. The summed E-state index contributed by atoms with van der Waals surface area (Å²) in [5, 5.41) is 0. The molecule has 2 unspecified atom stereocenters. The van der Waals surface area contributed by atoms with Crippen molar-refractivity contribution in [3.8, 4) is 0 Å². The van der Waals surface area contributed by atoms with Crippen LogP contribution in [-0.2, 0) is 9.53 Å². The van der Waals surface area contributed by atoms with E-state index in [2.05, 4.69) is 0 Å². The number of rotatable bonds is 1. The molecule has 1 aliphatic heterocycles. The van der Waals surface area contributed by atoms with Crippen molar-refractivity contribution < 1.29 is 9.53 Å². The molecule has 1 saturated carbocycles. The fourth-order valence-electron chi connectivity index (χ4n) is 2.87. The van der Waals surface area contributed by atoms with Crippen LogP contribution >= 0.6 is 0 Å². The predicted octanol–water partition coefficient (Wildman–Crippen LogP) is 1.28. The zero-order valence-electron chi connectivity index (χ0n) is 10.9. The third-order valence-electron chi connectivity index (χ3n) is 4.04. The van der Waals surface area contributed by atoms with Gasteiger partial charge in [0.05, 0.1) is 24.3 Å². The maximum atomic E-state index is 12.6. The van der Waals surface area contributed by atoms with Crippen molar-refractivity contribution in [2.75, 3.05) is 13.2 Å². The van der Waals surface area contributed by atoms with Gasteiger partial charge >= 0.3 is 0 Å². The summed E-state index contributed by atoms with van der Waals surface area (Å²) in [6, 6.07) is 0.154. The van der Waals surface area contributed by atoms with Crippen molar-refractivity contribution in [1.82, 2.24) is 4.90 Å². The van der Waals surface area contributed by atoms with Crippen molar-refractivity contribution >= 4 is 5.91 Å². The van der Waals surface area contributed by atoms with Crippen molar-refractivity contribution in [3.05, 3.63) is 0 Å². The van der Waals surface area contributed by atoms with Crippen LogP contribution in [0.25, 0.3) is 0 Å². The van der Waals surface area contributed by atoms with Gasteiger partial charge in [-0.25, -0.2) is 0 Å². The third kappa shape index (κ3) is 2.63. The lowest BCUT2D eigenvalue weighted by Crippen LogP contribution is -2.61. The van der Waals surface area contributed by atoms with Gasteiger partial charge in [0.2, 0.25) is 5.91 Å². The molecule has 2 aliphatic rings. The third-order valence-corrected chi connectivity index (χ3v) is 4.04. The Hall–Kier alpha value is -0.610. The van der Waals surface area contributed by atoms with Crippen molar-refractivity contribution in [2.24, 2.45) is 5.73 Å². The van der Waals surface area contributed by atoms with E-state index < -0.39 is 5.54 Å². The van der Waals surface area contributed by atoms with Gasteiger partial charge in [0.1, 0.15) is 0 Å². The molecule has 1 amide bonds. The first-order chi connectivity index (χ1) is 8.03. The molecular weight excluding hydrogens is 216 g/mol.